The van der Waals surface area contributed by atoms with Crippen molar-refractivity contribution in [3.05, 3.63) is 0 Å². The zero-order chi connectivity index (χ0) is 6.69. The molecule has 0 aromatic rings. The van der Waals surface area contributed by atoms with Crippen molar-refractivity contribution in [3.63, 3.8) is 0 Å². The molecule has 0 bridgehead atoms. The standard InChI is InChI=1S/C4H10BN4/c1-3-8-5-9(4-2)7-6-8/h3-4H2,1-2H3. The fraction of sp³-hybridized carbons (Fsp3) is 1.00. The van der Waals surface area contributed by atoms with Crippen LogP contribution < -0.4 is 0 Å². The van der Waals surface area contributed by atoms with Crippen molar-refractivity contribution in [3.8, 4) is 0 Å². The molecule has 0 amide bonds. The lowest BCUT2D eigenvalue weighted by molar-refractivity contribution is 0.476. The Labute approximate surface area is 55.8 Å². The van der Waals surface area contributed by atoms with Crippen LogP contribution in [0.4, 0.5) is 0 Å². The monoisotopic (exact) mass is 125 g/mol. The van der Waals surface area contributed by atoms with Gasteiger partial charge in [0, 0.05) is 13.1 Å². The predicted octanol–water partition coefficient (Wildman–Crippen LogP) is 0.460. The first-order chi connectivity index (χ1) is 4.36. The van der Waals surface area contributed by atoms with E-state index in [4.69, 9.17) is 0 Å². The predicted molar refractivity (Wildman–Crippen MR) is 35.4 cm³/mol. The van der Waals surface area contributed by atoms with Gasteiger partial charge in [-0.3, -0.25) is 9.84 Å². The van der Waals surface area contributed by atoms with Crippen molar-refractivity contribution < 1.29 is 0 Å². The molecule has 0 saturated heterocycles. The molecule has 0 fully saturated rings. The van der Waals surface area contributed by atoms with Crippen LogP contribution in [0.5, 0.6) is 0 Å². The summed E-state index contributed by atoms with van der Waals surface area (Å²) in [6, 6.07) is 0. The fourth-order valence-corrected chi connectivity index (χ4v) is 0.593. The molecule has 1 radical (unpaired) electrons. The molecule has 0 saturated carbocycles. The summed E-state index contributed by atoms with van der Waals surface area (Å²) in [6.45, 7) is 5.85. The molecular weight excluding hydrogens is 115 g/mol. The maximum absolute atomic E-state index is 3.84. The van der Waals surface area contributed by atoms with Crippen molar-refractivity contribution >= 4 is 7.55 Å². The van der Waals surface area contributed by atoms with Crippen molar-refractivity contribution in [2.24, 2.45) is 10.4 Å². The van der Waals surface area contributed by atoms with Gasteiger partial charge >= 0.3 is 7.55 Å². The molecule has 1 aliphatic heterocycles. The van der Waals surface area contributed by atoms with Gasteiger partial charge < -0.3 is 0 Å². The van der Waals surface area contributed by atoms with Crippen LogP contribution in [0.25, 0.3) is 0 Å². The molecule has 0 aliphatic carbocycles. The molecule has 49 valence electrons. The molecule has 9 heavy (non-hydrogen) atoms. The van der Waals surface area contributed by atoms with Gasteiger partial charge in [0.15, 0.2) is 0 Å². The average Bonchev–Trinajstić information content (AvgIpc) is 2.34. The van der Waals surface area contributed by atoms with Gasteiger partial charge in [-0.2, -0.15) is 0 Å². The Balaban J connectivity index is 2.31. The van der Waals surface area contributed by atoms with Crippen LogP contribution in [0.2, 0.25) is 0 Å². The van der Waals surface area contributed by atoms with Crippen LogP contribution in [0, 0.1) is 0 Å². The molecule has 1 rings (SSSR count). The molecule has 0 unspecified atom stereocenters. The normalized spacial score (nSPS) is 16.7. The van der Waals surface area contributed by atoms with E-state index in [1.807, 2.05) is 21.4 Å². The number of rotatable bonds is 2. The summed E-state index contributed by atoms with van der Waals surface area (Å²) in [5.74, 6) is 0. The van der Waals surface area contributed by atoms with E-state index in [0.717, 1.165) is 13.1 Å². The molecule has 0 N–H and O–H groups in total. The zero-order valence-corrected chi connectivity index (χ0v) is 5.78. The van der Waals surface area contributed by atoms with E-state index in [1.54, 1.807) is 9.84 Å². The third-order valence-corrected chi connectivity index (χ3v) is 1.18. The summed E-state index contributed by atoms with van der Waals surface area (Å²) >= 11 is 0. The SMILES string of the molecule is CCN1[B]N(CC)N=N1. The van der Waals surface area contributed by atoms with Crippen LogP contribution in [0.15, 0.2) is 10.4 Å². The third kappa shape index (κ3) is 1.34. The summed E-state index contributed by atoms with van der Waals surface area (Å²) in [7, 11) is 1.89. The van der Waals surface area contributed by atoms with E-state index in [0.29, 0.717) is 0 Å². The highest BCUT2D eigenvalue weighted by Gasteiger charge is 2.14. The maximum Gasteiger partial charge on any atom is 0.430 e. The number of nitrogens with zero attached hydrogens (tertiary/aromatic N) is 4. The van der Waals surface area contributed by atoms with Gasteiger partial charge in [0.25, 0.3) is 0 Å². The van der Waals surface area contributed by atoms with Gasteiger partial charge in [0.1, 0.15) is 0 Å². The Morgan fingerprint density at radius 1 is 1.11 bits per heavy atom. The minimum Gasteiger partial charge on any atom is -0.298 e. The minimum atomic E-state index is 0.889. The first kappa shape index (κ1) is 6.39. The number of hydrogen-bond acceptors (Lipinski definition) is 4. The highest BCUT2D eigenvalue weighted by molar-refractivity contribution is 6.28. The maximum atomic E-state index is 3.84. The molecule has 5 heteroatoms. The first-order valence-corrected chi connectivity index (χ1v) is 3.16. The van der Waals surface area contributed by atoms with Gasteiger partial charge in [-0.15, -0.1) is 0 Å². The van der Waals surface area contributed by atoms with Crippen LogP contribution in [0.1, 0.15) is 13.8 Å². The first-order valence-electron chi connectivity index (χ1n) is 3.16. The zero-order valence-electron chi connectivity index (χ0n) is 5.78. The van der Waals surface area contributed by atoms with E-state index >= 15 is 0 Å². The molecule has 1 aliphatic rings. The topological polar surface area (TPSA) is 31.2 Å². The van der Waals surface area contributed by atoms with Gasteiger partial charge in [0.05, 0.1) is 0 Å². The fourth-order valence-electron chi connectivity index (χ4n) is 0.593. The molecular formula is C4H10BN4. The van der Waals surface area contributed by atoms with E-state index < -0.39 is 0 Å². The molecule has 1 heterocycles. The molecule has 0 spiro atoms. The summed E-state index contributed by atoms with van der Waals surface area (Å²) in [6.07, 6.45) is 0. The quantitative estimate of drug-likeness (QED) is 0.502. The van der Waals surface area contributed by atoms with Gasteiger partial charge in [0.2, 0.25) is 0 Å². The second kappa shape index (κ2) is 2.71. The van der Waals surface area contributed by atoms with E-state index in [9.17, 15) is 0 Å². The smallest absolute Gasteiger partial charge is 0.298 e. The second-order valence-electron chi connectivity index (χ2n) is 1.81. The van der Waals surface area contributed by atoms with Crippen LogP contribution in [-0.4, -0.2) is 30.5 Å². The lowest BCUT2D eigenvalue weighted by atomic mass is 10.1. The lowest BCUT2D eigenvalue weighted by Gasteiger charge is -2.08. The van der Waals surface area contributed by atoms with Gasteiger partial charge in [-0.1, -0.05) is 10.4 Å². The van der Waals surface area contributed by atoms with Crippen molar-refractivity contribution in [1.29, 1.82) is 0 Å². The molecule has 4 nitrogen and oxygen atoms in total. The molecule has 0 atom stereocenters. The third-order valence-electron chi connectivity index (χ3n) is 1.18. The Bertz CT molecular complexity index is 103. The Morgan fingerprint density at radius 2 is 1.56 bits per heavy atom. The van der Waals surface area contributed by atoms with E-state index in [-0.39, 0.29) is 0 Å². The summed E-state index contributed by atoms with van der Waals surface area (Å²) in [4.78, 5) is 3.59. The van der Waals surface area contributed by atoms with Crippen molar-refractivity contribution in [1.82, 2.24) is 9.84 Å². The Hall–Kier alpha value is -0.735. The number of hydrogen-bond donors (Lipinski definition) is 0. The summed E-state index contributed by atoms with van der Waals surface area (Å²) in [5.41, 5.74) is 0. The Morgan fingerprint density at radius 3 is 1.78 bits per heavy atom. The van der Waals surface area contributed by atoms with E-state index in [1.165, 1.54) is 0 Å². The second-order valence-corrected chi connectivity index (χ2v) is 1.81. The van der Waals surface area contributed by atoms with Crippen molar-refractivity contribution in [2.45, 2.75) is 13.8 Å². The molecule has 0 aromatic heterocycles. The minimum absolute atomic E-state index is 0.889. The van der Waals surface area contributed by atoms with Gasteiger partial charge in [-0.05, 0) is 13.8 Å². The summed E-state index contributed by atoms with van der Waals surface area (Å²) in [5, 5.41) is 7.67. The van der Waals surface area contributed by atoms with Crippen LogP contribution in [-0.2, 0) is 0 Å². The highest BCUT2D eigenvalue weighted by atomic mass is 15.7. The largest absolute Gasteiger partial charge is 0.430 e. The van der Waals surface area contributed by atoms with Crippen LogP contribution in [0.3, 0.4) is 0 Å². The van der Waals surface area contributed by atoms with Crippen LogP contribution >= 0.6 is 0 Å². The lowest BCUT2D eigenvalue weighted by Crippen LogP contribution is -2.28. The van der Waals surface area contributed by atoms with Gasteiger partial charge in [-0.25, -0.2) is 0 Å². The van der Waals surface area contributed by atoms with Crippen molar-refractivity contribution in [2.75, 3.05) is 13.1 Å². The summed E-state index contributed by atoms with van der Waals surface area (Å²) < 4.78 is 0. The average molecular weight is 125 g/mol. The van der Waals surface area contributed by atoms with E-state index in [2.05, 4.69) is 10.4 Å². The highest BCUT2D eigenvalue weighted by Crippen LogP contribution is 2.01. The Kier molecular flexibility index (Phi) is 1.92. The molecule has 0 aromatic carbocycles.